The molecule has 5 heteroatoms. The second kappa shape index (κ2) is 4.78. The van der Waals surface area contributed by atoms with E-state index in [0.717, 1.165) is 13.0 Å². The monoisotopic (exact) mass is 239 g/mol. The van der Waals surface area contributed by atoms with Crippen molar-refractivity contribution in [2.45, 2.75) is 18.7 Å². The Morgan fingerprint density at radius 1 is 1.50 bits per heavy atom. The van der Waals surface area contributed by atoms with E-state index < -0.39 is 0 Å². The average Bonchev–Trinajstić information content (AvgIpc) is 2.33. The molecule has 0 spiro atoms. The van der Waals surface area contributed by atoms with Gasteiger partial charge in [-0.15, -0.1) is 11.6 Å². The van der Waals surface area contributed by atoms with Crippen molar-refractivity contribution >= 4 is 17.5 Å². The fraction of sp³-hybridized carbons (Fsp3) is 0.545. The van der Waals surface area contributed by atoms with Gasteiger partial charge < -0.3 is 4.90 Å². The highest BCUT2D eigenvalue weighted by Gasteiger charge is 2.27. The lowest BCUT2D eigenvalue weighted by Crippen LogP contribution is -2.43. The van der Waals surface area contributed by atoms with Crippen molar-refractivity contribution in [1.82, 2.24) is 14.9 Å². The number of alkyl halides is 1. The summed E-state index contributed by atoms with van der Waals surface area (Å²) in [6, 6.07) is 0. The molecule has 2 rings (SSSR count). The van der Waals surface area contributed by atoms with Gasteiger partial charge in [0.25, 0.3) is 5.91 Å². The standard InChI is InChI=1S/C11H14ClN3O/c1-8-2-3-15(6-10(8)12)11(16)9-4-13-7-14-5-9/h4-5,7-8,10H,2-3,6H2,1H3. The summed E-state index contributed by atoms with van der Waals surface area (Å²) in [6.45, 7) is 3.49. The van der Waals surface area contributed by atoms with Gasteiger partial charge in [-0.05, 0) is 12.3 Å². The lowest BCUT2D eigenvalue weighted by molar-refractivity contribution is 0.0700. The van der Waals surface area contributed by atoms with Crippen molar-refractivity contribution in [3.8, 4) is 0 Å². The molecular formula is C11H14ClN3O. The number of likely N-dealkylation sites (tertiary alicyclic amines) is 1. The van der Waals surface area contributed by atoms with E-state index in [9.17, 15) is 4.79 Å². The molecule has 0 N–H and O–H groups in total. The summed E-state index contributed by atoms with van der Waals surface area (Å²) in [4.78, 5) is 21.5. The third-order valence-corrected chi connectivity index (χ3v) is 3.53. The van der Waals surface area contributed by atoms with Crippen LogP contribution >= 0.6 is 11.6 Å². The van der Waals surface area contributed by atoms with Gasteiger partial charge in [0.15, 0.2) is 0 Å². The quantitative estimate of drug-likeness (QED) is 0.699. The van der Waals surface area contributed by atoms with Crippen LogP contribution in [-0.2, 0) is 0 Å². The Kier molecular flexibility index (Phi) is 3.39. The molecular weight excluding hydrogens is 226 g/mol. The van der Waals surface area contributed by atoms with Crippen LogP contribution in [0.1, 0.15) is 23.7 Å². The minimum Gasteiger partial charge on any atom is -0.337 e. The van der Waals surface area contributed by atoms with Crippen LogP contribution in [0, 0.1) is 5.92 Å². The van der Waals surface area contributed by atoms with Crippen LogP contribution in [0.5, 0.6) is 0 Å². The Morgan fingerprint density at radius 3 is 2.81 bits per heavy atom. The third kappa shape index (κ3) is 2.32. The number of hydrogen-bond donors (Lipinski definition) is 0. The van der Waals surface area contributed by atoms with Crippen molar-refractivity contribution < 1.29 is 4.79 Å². The van der Waals surface area contributed by atoms with Crippen molar-refractivity contribution in [2.24, 2.45) is 5.92 Å². The number of hydrogen-bond acceptors (Lipinski definition) is 3. The highest BCUT2D eigenvalue weighted by atomic mass is 35.5. The fourth-order valence-corrected chi connectivity index (χ4v) is 2.09. The van der Waals surface area contributed by atoms with Crippen LogP contribution in [-0.4, -0.2) is 39.2 Å². The van der Waals surface area contributed by atoms with Crippen LogP contribution in [0.4, 0.5) is 0 Å². The van der Waals surface area contributed by atoms with Gasteiger partial charge in [-0.2, -0.15) is 0 Å². The summed E-state index contributed by atoms with van der Waals surface area (Å²) in [5, 5.41) is 0.0438. The second-order valence-corrected chi connectivity index (χ2v) is 4.72. The Bertz CT molecular complexity index is 371. The first-order chi connectivity index (χ1) is 7.68. The number of amides is 1. The Morgan fingerprint density at radius 2 is 2.19 bits per heavy atom. The zero-order valence-corrected chi connectivity index (χ0v) is 9.89. The lowest BCUT2D eigenvalue weighted by atomic mass is 9.98. The first-order valence-corrected chi connectivity index (χ1v) is 5.80. The van der Waals surface area contributed by atoms with Gasteiger partial charge in [0.05, 0.1) is 10.9 Å². The predicted molar refractivity (Wildman–Crippen MR) is 61.4 cm³/mol. The van der Waals surface area contributed by atoms with Crippen LogP contribution < -0.4 is 0 Å². The summed E-state index contributed by atoms with van der Waals surface area (Å²) >= 11 is 6.17. The molecule has 1 fully saturated rings. The number of rotatable bonds is 1. The maximum Gasteiger partial charge on any atom is 0.257 e. The molecule has 1 aliphatic heterocycles. The van der Waals surface area contributed by atoms with Gasteiger partial charge in [-0.3, -0.25) is 4.79 Å². The highest BCUT2D eigenvalue weighted by Crippen LogP contribution is 2.22. The van der Waals surface area contributed by atoms with Crippen molar-refractivity contribution in [3.63, 3.8) is 0 Å². The Hall–Kier alpha value is -1.16. The van der Waals surface area contributed by atoms with E-state index in [4.69, 9.17) is 11.6 Å². The number of halogens is 1. The molecule has 1 aromatic rings. The largest absolute Gasteiger partial charge is 0.337 e. The van der Waals surface area contributed by atoms with E-state index in [1.54, 1.807) is 4.90 Å². The summed E-state index contributed by atoms with van der Waals surface area (Å²) in [5.74, 6) is 0.441. The van der Waals surface area contributed by atoms with Gasteiger partial charge in [-0.25, -0.2) is 9.97 Å². The molecule has 86 valence electrons. The van der Waals surface area contributed by atoms with E-state index in [1.165, 1.54) is 18.7 Å². The molecule has 2 heterocycles. The number of nitrogens with zero attached hydrogens (tertiary/aromatic N) is 3. The number of piperidine rings is 1. The zero-order chi connectivity index (χ0) is 11.5. The third-order valence-electron chi connectivity index (χ3n) is 2.96. The smallest absolute Gasteiger partial charge is 0.257 e. The van der Waals surface area contributed by atoms with Gasteiger partial charge in [0.2, 0.25) is 0 Å². The second-order valence-electron chi connectivity index (χ2n) is 4.16. The van der Waals surface area contributed by atoms with Crippen molar-refractivity contribution in [3.05, 3.63) is 24.3 Å². The lowest BCUT2D eigenvalue weighted by Gasteiger charge is -2.33. The van der Waals surface area contributed by atoms with Crippen molar-refractivity contribution in [2.75, 3.05) is 13.1 Å². The summed E-state index contributed by atoms with van der Waals surface area (Å²) in [7, 11) is 0. The van der Waals surface area contributed by atoms with E-state index in [0.29, 0.717) is 18.0 Å². The molecule has 4 nitrogen and oxygen atoms in total. The van der Waals surface area contributed by atoms with Crippen LogP contribution in [0.25, 0.3) is 0 Å². The van der Waals surface area contributed by atoms with E-state index in [2.05, 4.69) is 16.9 Å². The molecule has 0 aromatic carbocycles. The maximum atomic E-state index is 12.0. The molecule has 16 heavy (non-hydrogen) atoms. The Labute approximate surface area is 99.6 Å². The molecule has 1 saturated heterocycles. The molecule has 0 saturated carbocycles. The topological polar surface area (TPSA) is 46.1 Å². The van der Waals surface area contributed by atoms with Crippen LogP contribution in [0.2, 0.25) is 0 Å². The van der Waals surface area contributed by atoms with E-state index in [1.807, 2.05) is 0 Å². The molecule has 0 bridgehead atoms. The van der Waals surface area contributed by atoms with Gasteiger partial charge in [0.1, 0.15) is 6.33 Å². The van der Waals surface area contributed by atoms with Gasteiger partial charge >= 0.3 is 0 Å². The molecule has 1 amide bonds. The minimum atomic E-state index is -0.0295. The molecule has 2 atom stereocenters. The minimum absolute atomic E-state index is 0.0295. The van der Waals surface area contributed by atoms with Gasteiger partial charge in [0, 0.05) is 25.5 Å². The SMILES string of the molecule is CC1CCN(C(=O)c2cncnc2)CC1Cl. The summed E-state index contributed by atoms with van der Waals surface area (Å²) in [5.41, 5.74) is 0.529. The number of aromatic nitrogens is 2. The van der Waals surface area contributed by atoms with Crippen LogP contribution in [0.3, 0.4) is 0 Å². The Balaban J connectivity index is 2.06. The highest BCUT2D eigenvalue weighted by molar-refractivity contribution is 6.21. The fourth-order valence-electron chi connectivity index (χ4n) is 1.80. The normalized spacial score (nSPS) is 25.5. The first-order valence-electron chi connectivity index (χ1n) is 5.37. The zero-order valence-electron chi connectivity index (χ0n) is 9.14. The number of carbonyl (C=O) groups is 1. The first kappa shape index (κ1) is 11.3. The van der Waals surface area contributed by atoms with E-state index in [-0.39, 0.29) is 11.3 Å². The molecule has 1 aliphatic rings. The molecule has 0 radical (unpaired) electrons. The van der Waals surface area contributed by atoms with Gasteiger partial charge in [-0.1, -0.05) is 6.92 Å². The van der Waals surface area contributed by atoms with Crippen molar-refractivity contribution in [1.29, 1.82) is 0 Å². The molecule has 1 aromatic heterocycles. The summed E-state index contributed by atoms with van der Waals surface area (Å²) < 4.78 is 0. The average molecular weight is 240 g/mol. The molecule has 0 aliphatic carbocycles. The molecule has 2 unspecified atom stereocenters. The predicted octanol–water partition coefficient (Wildman–Crippen LogP) is 1.57. The number of carbonyl (C=O) groups excluding carboxylic acids is 1. The van der Waals surface area contributed by atoms with Crippen LogP contribution in [0.15, 0.2) is 18.7 Å². The van der Waals surface area contributed by atoms with E-state index >= 15 is 0 Å². The summed E-state index contributed by atoms with van der Waals surface area (Å²) in [6.07, 6.45) is 5.44. The maximum absolute atomic E-state index is 12.0.